The number of carbonyl (C=O) groups is 2. The van der Waals surface area contributed by atoms with Gasteiger partial charge < -0.3 is 15.2 Å². The lowest BCUT2D eigenvalue weighted by molar-refractivity contribution is -0.385. The third-order valence-electron chi connectivity index (χ3n) is 2.46. The summed E-state index contributed by atoms with van der Waals surface area (Å²) in [5, 5.41) is 21.8. The fraction of sp³-hybridized carbons (Fsp3) is 0.231. The molecule has 112 valence electrons. The third kappa shape index (κ3) is 5.31. The van der Waals surface area contributed by atoms with Crippen LogP contribution in [-0.2, 0) is 9.59 Å². The highest BCUT2D eigenvalue weighted by atomic mass is 16.6. The minimum Gasteiger partial charge on any atom is -0.486 e. The van der Waals surface area contributed by atoms with Crippen LogP contribution in [0, 0.1) is 10.1 Å². The smallest absolute Gasteiger partial charge is 0.328 e. The fourth-order valence-corrected chi connectivity index (χ4v) is 1.45. The van der Waals surface area contributed by atoms with Crippen molar-refractivity contribution < 1.29 is 24.4 Å². The molecule has 1 amide bonds. The van der Waals surface area contributed by atoms with E-state index in [4.69, 9.17) is 9.84 Å². The highest BCUT2D eigenvalue weighted by Gasteiger charge is 2.15. The number of nitro benzene ring substituents is 1. The molecule has 0 heterocycles. The molecule has 2 N–H and O–H groups in total. The van der Waals surface area contributed by atoms with Gasteiger partial charge in [-0.2, -0.15) is 0 Å². The van der Waals surface area contributed by atoms with Crippen LogP contribution in [0.1, 0.15) is 12.0 Å². The molecular weight excluding hydrogens is 280 g/mol. The van der Waals surface area contributed by atoms with Crippen LogP contribution in [0.25, 0.3) is 6.08 Å². The zero-order chi connectivity index (χ0) is 15.8. The van der Waals surface area contributed by atoms with E-state index >= 15 is 0 Å². The molecule has 0 aliphatic carbocycles. The average molecular weight is 294 g/mol. The number of nitro groups is 1. The van der Waals surface area contributed by atoms with Crippen molar-refractivity contribution in [2.75, 3.05) is 13.7 Å². The summed E-state index contributed by atoms with van der Waals surface area (Å²) in [6.45, 7) is -0.0212. The van der Waals surface area contributed by atoms with Crippen LogP contribution >= 0.6 is 0 Å². The van der Waals surface area contributed by atoms with Crippen molar-refractivity contribution in [1.82, 2.24) is 5.32 Å². The van der Waals surface area contributed by atoms with Crippen LogP contribution in [0.2, 0.25) is 0 Å². The maximum Gasteiger partial charge on any atom is 0.328 e. The second kappa shape index (κ2) is 7.63. The Morgan fingerprint density at radius 3 is 2.76 bits per heavy atom. The summed E-state index contributed by atoms with van der Waals surface area (Å²) in [6.07, 6.45) is 2.26. The molecule has 0 unspecified atom stereocenters. The molecule has 0 aliphatic heterocycles. The number of benzene rings is 1. The standard InChI is InChI=1S/C13H14N2O6/c1-14-12(16)6-7-21-11-8-9(3-5-13(17)18)2-4-10(11)15(19)20/h2-5,8H,6-7H2,1H3,(H,14,16)(H,17,18). The molecule has 0 saturated carbocycles. The summed E-state index contributed by atoms with van der Waals surface area (Å²) in [6, 6.07) is 3.97. The minimum absolute atomic E-state index is 0.0172. The van der Waals surface area contributed by atoms with Gasteiger partial charge in [0.25, 0.3) is 0 Å². The molecular formula is C13H14N2O6. The Morgan fingerprint density at radius 2 is 2.19 bits per heavy atom. The van der Waals surface area contributed by atoms with Crippen molar-refractivity contribution in [3.05, 3.63) is 40.0 Å². The van der Waals surface area contributed by atoms with E-state index in [0.717, 1.165) is 6.08 Å². The summed E-state index contributed by atoms with van der Waals surface area (Å²) in [7, 11) is 1.47. The Hall–Kier alpha value is -2.90. The van der Waals surface area contributed by atoms with Crippen LogP contribution in [0.15, 0.2) is 24.3 Å². The summed E-state index contributed by atoms with van der Waals surface area (Å²) in [5.41, 5.74) is 0.192. The van der Waals surface area contributed by atoms with Gasteiger partial charge in [0, 0.05) is 19.2 Å². The predicted octanol–water partition coefficient (Wildman–Crippen LogP) is 1.21. The van der Waals surface area contributed by atoms with E-state index in [1.165, 1.54) is 31.3 Å². The molecule has 0 radical (unpaired) electrons. The second-order valence-corrected chi connectivity index (χ2v) is 3.93. The second-order valence-electron chi connectivity index (χ2n) is 3.93. The number of carboxylic acid groups (broad SMARTS) is 1. The minimum atomic E-state index is -1.13. The van der Waals surface area contributed by atoms with E-state index in [-0.39, 0.29) is 30.4 Å². The number of hydrogen-bond donors (Lipinski definition) is 2. The molecule has 0 fully saturated rings. The highest BCUT2D eigenvalue weighted by molar-refractivity contribution is 5.85. The molecule has 0 aliphatic rings. The molecule has 0 spiro atoms. The lowest BCUT2D eigenvalue weighted by atomic mass is 10.1. The average Bonchev–Trinajstić information content (AvgIpc) is 2.44. The van der Waals surface area contributed by atoms with Gasteiger partial charge in [-0.3, -0.25) is 14.9 Å². The van der Waals surface area contributed by atoms with Crippen molar-refractivity contribution >= 4 is 23.6 Å². The predicted molar refractivity (Wildman–Crippen MR) is 73.9 cm³/mol. The number of aliphatic carboxylic acids is 1. The number of carbonyl (C=O) groups excluding carboxylic acids is 1. The van der Waals surface area contributed by atoms with Gasteiger partial charge >= 0.3 is 11.7 Å². The van der Waals surface area contributed by atoms with Crippen molar-refractivity contribution in [2.24, 2.45) is 0 Å². The molecule has 8 heteroatoms. The van der Waals surface area contributed by atoms with Crippen molar-refractivity contribution in [2.45, 2.75) is 6.42 Å². The van der Waals surface area contributed by atoms with Crippen LogP contribution in [0.3, 0.4) is 0 Å². The number of rotatable bonds is 7. The Kier molecular flexibility index (Phi) is 5.87. The van der Waals surface area contributed by atoms with E-state index < -0.39 is 10.9 Å². The van der Waals surface area contributed by atoms with Gasteiger partial charge in [-0.25, -0.2) is 4.79 Å². The first-order valence-electron chi connectivity index (χ1n) is 5.97. The Balaban J connectivity index is 2.91. The van der Waals surface area contributed by atoms with Crippen LogP contribution < -0.4 is 10.1 Å². The third-order valence-corrected chi connectivity index (χ3v) is 2.46. The van der Waals surface area contributed by atoms with Crippen molar-refractivity contribution in [1.29, 1.82) is 0 Å². The Labute approximate surface area is 120 Å². The van der Waals surface area contributed by atoms with Crippen LogP contribution in [0.4, 0.5) is 5.69 Å². The fourth-order valence-electron chi connectivity index (χ4n) is 1.45. The zero-order valence-corrected chi connectivity index (χ0v) is 11.2. The SMILES string of the molecule is CNC(=O)CCOc1cc(C=CC(=O)O)ccc1[N+](=O)[O-]. The van der Waals surface area contributed by atoms with E-state index in [1.54, 1.807) is 0 Å². The van der Waals surface area contributed by atoms with E-state index in [9.17, 15) is 19.7 Å². The molecule has 1 aromatic rings. The highest BCUT2D eigenvalue weighted by Crippen LogP contribution is 2.28. The first-order valence-corrected chi connectivity index (χ1v) is 5.97. The van der Waals surface area contributed by atoms with E-state index in [2.05, 4.69) is 5.32 Å². The normalized spacial score (nSPS) is 10.3. The molecule has 0 bridgehead atoms. The Bertz CT molecular complexity index is 582. The maximum atomic E-state index is 11.1. The first-order chi connectivity index (χ1) is 9.93. The Morgan fingerprint density at radius 1 is 1.48 bits per heavy atom. The molecule has 0 saturated heterocycles. The zero-order valence-electron chi connectivity index (χ0n) is 11.2. The van der Waals surface area contributed by atoms with Gasteiger partial charge in [-0.05, 0) is 23.8 Å². The monoisotopic (exact) mass is 294 g/mol. The number of amides is 1. The summed E-state index contributed by atoms with van der Waals surface area (Å²) in [5.74, 6) is -1.40. The van der Waals surface area contributed by atoms with Crippen molar-refractivity contribution in [3.63, 3.8) is 0 Å². The summed E-state index contributed by atoms with van der Waals surface area (Å²) >= 11 is 0. The lowest BCUT2D eigenvalue weighted by Crippen LogP contribution is -2.20. The number of nitrogens with zero attached hydrogens (tertiary/aromatic N) is 1. The lowest BCUT2D eigenvalue weighted by Gasteiger charge is -2.07. The van der Waals surface area contributed by atoms with Crippen LogP contribution in [0.5, 0.6) is 5.75 Å². The van der Waals surface area contributed by atoms with Gasteiger partial charge in [0.05, 0.1) is 18.0 Å². The number of nitrogens with one attached hydrogen (secondary N) is 1. The number of carboxylic acids is 1. The maximum absolute atomic E-state index is 11.1. The van der Waals surface area contributed by atoms with Crippen LogP contribution in [-0.4, -0.2) is 35.6 Å². The van der Waals surface area contributed by atoms with Crippen molar-refractivity contribution in [3.8, 4) is 5.75 Å². The number of ether oxygens (including phenoxy) is 1. The molecule has 0 atom stereocenters. The van der Waals surface area contributed by atoms with E-state index in [1.807, 2.05) is 0 Å². The van der Waals surface area contributed by atoms with E-state index in [0.29, 0.717) is 5.56 Å². The molecule has 0 aromatic heterocycles. The van der Waals surface area contributed by atoms with Gasteiger partial charge in [-0.1, -0.05) is 0 Å². The molecule has 21 heavy (non-hydrogen) atoms. The summed E-state index contributed by atoms with van der Waals surface area (Å²) < 4.78 is 5.23. The quantitative estimate of drug-likeness (QED) is 0.443. The number of hydrogen-bond acceptors (Lipinski definition) is 5. The van der Waals surface area contributed by atoms with Gasteiger partial charge in [0.2, 0.25) is 5.91 Å². The van der Waals surface area contributed by atoms with Gasteiger partial charge in [-0.15, -0.1) is 0 Å². The summed E-state index contributed by atoms with van der Waals surface area (Å²) in [4.78, 5) is 31.8. The topological polar surface area (TPSA) is 119 Å². The largest absolute Gasteiger partial charge is 0.486 e. The molecule has 8 nitrogen and oxygen atoms in total. The van der Waals surface area contributed by atoms with Gasteiger partial charge in [0.1, 0.15) is 0 Å². The molecule has 1 rings (SSSR count). The molecule has 1 aromatic carbocycles. The van der Waals surface area contributed by atoms with Gasteiger partial charge in [0.15, 0.2) is 5.75 Å². The first kappa shape index (κ1) is 16.2.